The molecule has 0 bridgehead atoms. The fraction of sp³-hybridized carbons (Fsp3) is 0.533. The van der Waals surface area contributed by atoms with Gasteiger partial charge in [-0.25, -0.2) is 4.98 Å². The number of carboxylic acid groups (broad SMARTS) is 1. The number of aryl methyl sites for hydroxylation is 1. The van der Waals surface area contributed by atoms with Gasteiger partial charge in [0.1, 0.15) is 5.82 Å². The van der Waals surface area contributed by atoms with Crippen LogP contribution in [-0.2, 0) is 4.79 Å². The molecule has 114 valence electrons. The molecule has 2 heterocycles. The number of carbonyl (C=O) groups excluding carboxylic acids is 1. The lowest BCUT2D eigenvalue weighted by Gasteiger charge is -2.29. The van der Waals surface area contributed by atoms with Gasteiger partial charge < -0.3 is 15.7 Å². The van der Waals surface area contributed by atoms with Crippen molar-refractivity contribution in [1.82, 2.24) is 4.98 Å². The van der Waals surface area contributed by atoms with E-state index in [1.807, 2.05) is 18.7 Å². The minimum absolute atomic E-state index is 0.00170. The molecule has 0 aromatic carbocycles. The van der Waals surface area contributed by atoms with Crippen LogP contribution in [0.2, 0.25) is 0 Å². The second-order valence-corrected chi connectivity index (χ2v) is 5.98. The van der Waals surface area contributed by atoms with Crippen molar-refractivity contribution in [3.63, 3.8) is 0 Å². The van der Waals surface area contributed by atoms with Crippen molar-refractivity contribution in [2.24, 2.45) is 17.1 Å². The Morgan fingerprint density at radius 2 is 2.14 bits per heavy atom. The van der Waals surface area contributed by atoms with Crippen molar-refractivity contribution in [2.75, 3.05) is 18.0 Å². The first-order valence-electron chi connectivity index (χ1n) is 7.03. The maximum Gasteiger partial charge on any atom is 0.311 e. The largest absolute Gasteiger partial charge is 0.481 e. The van der Waals surface area contributed by atoms with Crippen LogP contribution in [0, 0.1) is 18.3 Å². The Bertz CT molecular complexity index is 586. The number of nitrogens with zero attached hydrogens (tertiary/aromatic N) is 2. The van der Waals surface area contributed by atoms with Gasteiger partial charge in [-0.05, 0) is 30.9 Å². The number of hydrogen-bond acceptors (Lipinski definition) is 4. The number of hydrogen-bond donors (Lipinski definition) is 2. The molecule has 3 N–H and O–H groups in total. The molecule has 1 amide bonds. The summed E-state index contributed by atoms with van der Waals surface area (Å²) >= 11 is 0. The number of carbonyl (C=O) groups is 2. The molecule has 1 aliphatic rings. The molecule has 1 unspecified atom stereocenters. The topological polar surface area (TPSA) is 96.5 Å². The summed E-state index contributed by atoms with van der Waals surface area (Å²) < 4.78 is 0. The van der Waals surface area contributed by atoms with Gasteiger partial charge in [-0.15, -0.1) is 0 Å². The van der Waals surface area contributed by atoms with E-state index in [0.717, 1.165) is 5.56 Å². The van der Waals surface area contributed by atoms with Crippen LogP contribution in [0.3, 0.4) is 0 Å². The molecule has 6 nitrogen and oxygen atoms in total. The molecule has 1 aromatic rings. The summed E-state index contributed by atoms with van der Waals surface area (Å²) in [7, 11) is 0. The van der Waals surface area contributed by atoms with Crippen molar-refractivity contribution in [3.05, 3.63) is 23.4 Å². The molecule has 1 atom stereocenters. The van der Waals surface area contributed by atoms with Crippen molar-refractivity contribution in [3.8, 4) is 0 Å². The number of amides is 1. The van der Waals surface area contributed by atoms with Crippen molar-refractivity contribution in [1.29, 1.82) is 0 Å². The Morgan fingerprint density at radius 1 is 1.48 bits per heavy atom. The molecular formula is C15H21N3O3. The second-order valence-electron chi connectivity index (χ2n) is 5.98. The highest BCUT2D eigenvalue weighted by molar-refractivity contribution is 5.99. The summed E-state index contributed by atoms with van der Waals surface area (Å²) in [6.07, 6.45) is 2.15. The number of aromatic nitrogens is 1. The van der Waals surface area contributed by atoms with Gasteiger partial charge in [-0.3, -0.25) is 9.59 Å². The number of pyridine rings is 1. The summed E-state index contributed by atoms with van der Waals surface area (Å²) in [4.78, 5) is 29.5. The van der Waals surface area contributed by atoms with Crippen LogP contribution in [0.15, 0.2) is 12.3 Å². The van der Waals surface area contributed by atoms with Crippen LogP contribution in [0.5, 0.6) is 0 Å². The fourth-order valence-electron chi connectivity index (χ4n) is 2.99. The first-order chi connectivity index (χ1) is 9.79. The van der Waals surface area contributed by atoms with Gasteiger partial charge in [-0.2, -0.15) is 0 Å². The predicted octanol–water partition coefficient (Wildman–Crippen LogP) is 1.43. The molecule has 1 saturated heterocycles. The van der Waals surface area contributed by atoms with Crippen LogP contribution in [0.4, 0.5) is 5.82 Å². The molecule has 2 rings (SSSR count). The van der Waals surface area contributed by atoms with Crippen LogP contribution in [-0.4, -0.2) is 35.1 Å². The average molecular weight is 291 g/mol. The van der Waals surface area contributed by atoms with Gasteiger partial charge in [0.25, 0.3) is 5.91 Å². The lowest BCUT2D eigenvalue weighted by Crippen LogP contribution is -2.39. The predicted molar refractivity (Wildman–Crippen MR) is 79.2 cm³/mol. The van der Waals surface area contributed by atoms with Gasteiger partial charge in [0, 0.05) is 19.3 Å². The Balaban J connectivity index is 2.41. The Kier molecular flexibility index (Phi) is 3.89. The van der Waals surface area contributed by atoms with E-state index in [0.29, 0.717) is 30.9 Å². The minimum Gasteiger partial charge on any atom is -0.481 e. The number of nitrogens with two attached hydrogens (primary N) is 1. The minimum atomic E-state index is -0.805. The van der Waals surface area contributed by atoms with E-state index in [-0.39, 0.29) is 5.92 Å². The van der Waals surface area contributed by atoms with Gasteiger partial charge in [-0.1, -0.05) is 13.8 Å². The summed E-state index contributed by atoms with van der Waals surface area (Å²) in [5.41, 5.74) is 5.77. The number of aliphatic carboxylic acids is 1. The van der Waals surface area contributed by atoms with Crippen molar-refractivity contribution in [2.45, 2.75) is 27.2 Å². The molecule has 0 aliphatic carbocycles. The third-order valence-corrected chi connectivity index (χ3v) is 4.52. The van der Waals surface area contributed by atoms with Crippen molar-refractivity contribution < 1.29 is 14.7 Å². The molecule has 6 heteroatoms. The summed E-state index contributed by atoms with van der Waals surface area (Å²) in [6, 6.07) is 1.73. The number of primary amides is 1. The molecule has 0 spiro atoms. The summed E-state index contributed by atoms with van der Waals surface area (Å²) in [5.74, 6) is -0.839. The molecule has 1 aliphatic heterocycles. The van der Waals surface area contributed by atoms with E-state index in [1.165, 1.54) is 0 Å². The lowest BCUT2D eigenvalue weighted by atomic mass is 9.76. The normalized spacial score (nSPS) is 21.8. The Morgan fingerprint density at radius 3 is 2.62 bits per heavy atom. The van der Waals surface area contributed by atoms with E-state index in [1.54, 1.807) is 19.2 Å². The highest BCUT2D eigenvalue weighted by Gasteiger charge is 2.48. The Hall–Kier alpha value is -2.11. The van der Waals surface area contributed by atoms with Gasteiger partial charge in [0.05, 0.1) is 11.0 Å². The first kappa shape index (κ1) is 15.3. The van der Waals surface area contributed by atoms with Gasteiger partial charge in [0.2, 0.25) is 0 Å². The summed E-state index contributed by atoms with van der Waals surface area (Å²) in [6.45, 7) is 6.53. The quantitative estimate of drug-likeness (QED) is 0.874. The van der Waals surface area contributed by atoms with E-state index in [2.05, 4.69) is 4.98 Å². The monoisotopic (exact) mass is 291 g/mol. The third kappa shape index (κ3) is 2.46. The highest BCUT2D eigenvalue weighted by Crippen LogP contribution is 2.40. The van der Waals surface area contributed by atoms with E-state index in [4.69, 9.17) is 5.73 Å². The molecule has 1 aromatic heterocycles. The maximum absolute atomic E-state index is 11.7. The van der Waals surface area contributed by atoms with E-state index in [9.17, 15) is 14.7 Å². The molecule has 1 fully saturated rings. The maximum atomic E-state index is 11.7. The second kappa shape index (κ2) is 5.35. The molecule has 21 heavy (non-hydrogen) atoms. The van der Waals surface area contributed by atoms with Crippen LogP contribution in [0.1, 0.15) is 36.2 Å². The zero-order valence-corrected chi connectivity index (χ0v) is 12.6. The van der Waals surface area contributed by atoms with Gasteiger partial charge in [0.15, 0.2) is 0 Å². The van der Waals surface area contributed by atoms with Crippen LogP contribution >= 0.6 is 0 Å². The third-order valence-electron chi connectivity index (χ3n) is 4.52. The van der Waals surface area contributed by atoms with E-state index < -0.39 is 17.3 Å². The van der Waals surface area contributed by atoms with Crippen molar-refractivity contribution >= 4 is 17.7 Å². The van der Waals surface area contributed by atoms with Gasteiger partial charge >= 0.3 is 5.97 Å². The van der Waals surface area contributed by atoms with Crippen LogP contribution < -0.4 is 10.6 Å². The zero-order chi connectivity index (χ0) is 15.8. The SMILES string of the molecule is Cc1ccnc(N2CCC(C(=O)O)(C(C)C)C2)c1C(N)=O. The number of carboxylic acids is 1. The zero-order valence-electron chi connectivity index (χ0n) is 12.6. The lowest BCUT2D eigenvalue weighted by molar-refractivity contribution is -0.150. The van der Waals surface area contributed by atoms with Crippen LogP contribution in [0.25, 0.3) is 0 Å². The molecular weight excluding hydrogens is 270 g/mol. The average Bonchev–Trinajstić information content (AvgIpc) is 2.84. The standard InChI is InChI=1S/C15H21N3O3/c1-9(2)15(14(20)21)5-7-18(8-15)13-11(12(16)19)10(3)4-6-17-13/h4,6,9H,5,7-8H2,1-3H3,(H2,16,19)(H,20,21). The number of rotatable bonds is 4. The first-order valence-corrected chi connectivity index (χ1v) is 7.03. The van der Waals surface area contributed by atoms with E-state index >= 15 is 0 Å². The smallest absolute Gasteiger partial charge is 0.311 e. The molecule has 0 radical (unpaired) electrons. The fourth-order valence-corrected chi connectivity index (χ4v) is 2.99. The Labute approximate surface area is 124 Å². The summed E-state index contributed by atoms with van der Waals surface area (Å²) in [5, 5.41) is 9.59. The highest BCUT2D eigenvalue weighted by atomic mass is 16.4. The number of anilines is 1. The molecule has 0 saturated carbocycles.